The Labute approximate surface area is 114 Å². The van der Waals surface area contributed by atoms with Crippen molar-refractivity contribution in [1.82, 2.24) is 4.72 Å². The maximum atomic E-state index is 12.0. The SMILES string of the molecule is CC(C)NS(=O)(=O)c1ccc(N2CC(C)(N)C2)cc1. The topological polar surface area (TPSA) is 75.4 Å². The first-order chi connectivity index (χ1) is 8.70. The maximum Gasteiger partial charge on any atom is 0.240 e. The molecule has 0 bridgehead atoms. The van der Waals surface area contributed by atoms with Gasteiger partial charge in [0.25, 0.3) is 0 Å². The zero-order valence-electron chi connectivity index (χ0n) is 11.6. The largest absolute Gasteiger partial charge is 0.368 e. The van der Waals surface area contributed by atoms with Gasteiger partial charge in [-0.15, -0.1) is 0 Å². The second-order valence-corrected chi connectivity index (χ2v) is 7.49. The van der Waals surface area contributed by atoms with Crippen LogP contribution in [0.1, 0.15) is 20.8 Å². The molecule has 0 aliphatic carbocycles. The third-order valence-electron chi connectivity index (χ3n) is 3.01. The van der Waals surface area contributed by atoms with E-state index in [4.69, 9.17) is 5.73 Å². The van der Waals surface area contributed by atoms with Gasteiger partial charge in [-0.3, -0.25) is 0 Å². The fourth-order valence-electron chi connectivity index (χ4n) is 2.22. The van der Waals surface area contributed by atoms with E-state index >= 15 is 0 Å². The number of nitrogens with one attached hydrogen (secondary N) is 1. The van der Waals surface area contributed by atoms with Crippen LogP contribution < -0.4 is 15.4 Å². The summed E-state index contributed by atoms with van der Waals surface area (Å²) in [7, 11) is -3.41. The molecular formula is C13H21N3O2S. The monoisotopic (exact) mass is 283 g/mol. The van der Waals surface area contributed by atoms with Crippen LogP contribution >= 0.6 is 0 Å². The zero-order chi connectivity index (χ0) is 14.3. The van der Waals surface area contributed by atoms with E-state index in [-0.39, 0.29) is 11.6 Å². The fraction of sp³-hybridized carbons (Fsp3) is 0.538. The van der Waals surface area contributed by atoms with Crippen molar-refractivity contribution in [2.75, 3.05) is 18.0 Å². The first-order valence-electron chi connectivity index (χ1n) is 6.36. The van der Waals surface area contributed by atoms with Crippen molar-refractivity contribution < 1.29 is 8.42 Å². The van der Waals surface area contributed by atoms with E-state index < -0.39 is 10.0 Å². The van der Waals surface area contributed by atoms with Gasteiger partial charge < -0.3 is 10.6 Å². The Hall–Kier alpha value is -1.11. The fourth-order valence-corrected chi connectivity index (χ4v) is 3.47. The van der Waals surface area contributed by atoms with Gasteiger partial charge in [-0.1, -0.05) is 0 Å². The lowest BCUT2D eigenvalue weighted by Gasteiger charge is -2.47. The number of nitrogens with two attached hydrogens (primary N) is 1. The summed E-state index contributed by atoms with van der Waals surface area (Å²) in [4.78, 5) is 2.42. The average Bonchev–Trinajstić information content (AvgIpc) is 2.24. The van der Waals surface area contributed by atoms with Crippen LogP contribution in [-0.4, -0.2) is 33.1 Å². The summed E-state index contributed by atoms with van der Waals surface area (Å²) < 4.78 is 26.5. The van der Waals surface area contributed by atoms with Crippen LogP contribution in [0.25, 0.3) is 0 Å². The summed E-state index contributed by atoms with van der Waals surface area (Å²) >= 11 is 0. The van der Waals surface area contributed by atoms with E-state index in [1.807, 2.05) is 19.1 Å². The third kappa shape index (κ3) is 3.26. The molecule has 19 heavy (non-hydrogen) atoms. The predicted octanol–water partition coefficient (Wildman–Crippen LogP) is 0.911. The molecule has 1 aromatic rings. The van der Waals surface area contributed by atoms with Crippen LogP contribution in [0.5, 0.6) is 0 Å². The molecule has 0 saturated carbocycles. The van der Waals surface area contributed by atoms with Crippen LogP contribution in [0.2, 0.25) is 0 Å². The van der Waals surface area contributed by atoms with E-state index in [2.05, 4.69) is 9.62 Å². The first-order valence-corrected chi connectivity index (χ1v) is 7.84. The summed E-state index contributed by atoms with van der Waals surface area (Å²) in [5.74, 6) is 0. The van der Waals surface area contributed by atoms with Gasteiger partial charge in [0.2, 0.25) is 10.0 Å². The maximum absolute atomic E-state index is 12.0. The Bertz CT molecular complexity index is 542. The highest BCUT2D eigenvalue weighted by molar-refractivity contribution is 7.89. The number of nitrogens with zero attached hydrogens (tertiary/aromatic N) is 1. The number of sulfonamides is 1. The summed E-state index contributed by atoms with van der Waals surface area (Å²) in [5, 5.41) is 0. The van der Waals surface area contributed by atoms with Crippen molar-refractivity contribution in [1.29, 1.82) is 0 Å². The molecule has 0 spiro atoms. The molecule has 1 aromatic carbocycles. The molecule has 0 radical (unpaired) electrons. The van der Waals surface area contributed by atoms with Crippen molar-refractivity contribution in [2.24, 2.45) is 5.73 Å². The highest BCUT2D eigenvalue weighted by atomic mass is 32.2. The van der Waals surface area contributed by atoms with Gasteiger partial charge in [0.1, 0.15) is 0 Å². The van der Waals surface area contributed by atoms with E-state index in [0.717, 1.165) is 18.8 Å². The molecule has 1 heterocycles. The lowest BCUT2D eigenvalue weighted by Crippen LogP contribution is -2.65. The molecule has 1 aliphatic heterocycles. The van der Waals surface area contributed by atoms with Gasteiger partial charge in [-0.05, 0) is 45.0 Å². The minimum Gasteiger partial charge on any atom is -0.368 e. The average molecular weight is 283 g/mol. The van der Waals surface area contributed by atoms with Crippen LogP contribution in [0.15, 0.2) is 29.2 Å². The Balaban J connectivity index is 2.11. The number of hydrogen-bond acceptors (Lipinski definition) is 4. The minimum atomic E-state index is -3.41. The minimum absolute atomic E-state index is 0.113. The predicted molar refractivity (Wildman–Crippen MR) is 76.7 cm³/mol. The lowest BCUT2D eigenvalue weighted by atomic mass is 9.93. The lowest BCUT2D eigenvalue weighted by molar-refractivity contribution is 0.365. The first kappa shape index (κ1) is 14.3. The van der Waals surface area contributed by atoms with Crippen LogP contribution in [0.4, 0.5) is 5.69 Å². The Kier molecular flexibility index (Phi) is 3.59. The van der Waals surface area contributed by atoms with E-state index in [1.54, 1.807) is 26.0 Å². The van der Waals surface area contributed by atoms with Crippen LogP contribution in [0.3, 0.4) is 0 Å². The highest BCUT2D eigenvalue weighted by Crippen LogP contribution is 2.26. The molecule has 0 aromatic heterocycles. The molecule has 106 valence electrons. The standard InChI is InChI=1S/C13H21N3O2S/c1-10(2)15-19(17,18)12-6-4-11(5-7-12)16-8-13(3,14)9-16/h4-7,10,15H,8-9,14H2,1-3H3. The van der Waals surface area contributed by atoms with Gasteiger partial charge in [0.15, 0.2) is 0 Å². The van der Waals surface area contributed by atoms with Crippen molar-refractivity contribution >= 4 is 15.7 Å². The molecular weight excluding hydrogens is 262 g/mol. The second-order valence-electron chi connectivity index (χ2n) is 5.78. The van der Waals surface area contributed by atoms with Crippen molar-refractivity contribution in [3.63, 3.8) is 0 Å². The Morgan fingerprint density at radius 1 is 1.26 bits per heavy atom. The number of anilines is 1. The van der Waals surface area contributed by atoms with Gasteiger partial charge in [-0.2, -0.15) is 0 Å². The Morgan fingerprint density at radius 3 is 2.21 bits per heavy atom. The van der Waals surface area contributed by atoms with Gasteiger partial charge in [0, 0.05) is 30.4 Å². The molecule has 1 aliphatic rings. The number of benzene rings is 1. The molecule has 2 rings (SSSR count). The molecule has 1 fully saturated rings. The zero-order valence-corrected chi connectivity index (χ0v) is 12.4. The van der Waals surface area contributed by atoms with E-state index in [1.165, 1.54) is 0 Å². The molecule has 6 heteroatoms. The molecule has 0 atom stereocenters. The highest BCUT2D eigenvalue weighted by Gasteiger charge is 2.34. The normalized spacial score (nSPS) is 18.5. The van der Waals surface area contributed by atoms with Crippen molar-refractivity contribution in [2.45, 2.75) is 37.2 Å². The summed E-state index contributed by atoms with van der Waals surface area (Å²) in [5.41, 5.74) is 6.83. The van der Waals surface area contributed by atoms with E-state index in [0.29, 0.717) is 4.90 Å². The quantitative estimate of drug-likeness (QED) is 0.861. The Morgan fingerprint density at radius 2 is 1.79 bits per heavy atom. The third-order valence-corrected chi connectivity index (χ3v) is 4.68. The molecule has 5 nitrogen and oxygen atoms in total. The van der Waals surface area contributed by atoms with E-state index in [9.17, 15) is 8.42 Å². The van der Waals surface area contributed by atoms with Gasteiger partial charge in [0.05, 0.1) is 4.90 Å². The van der Waals surface area contributed by atoms with Crippen molar-refractivity contribution in [3.05, 3.63) is 24.3 Å². The number of rotatable bonds is 4. The molecule has 0 unspecified atom stereocenters. The summed E-state index contributed by atoms with van der Waals surface area (Å²) in [6.07, 6.45) is 0. The molecule has 0 amide bonds. The molecule has 1 saturated heterocycles. The molecule has 3 N–H and O–H groups in total. The smallest absolute Gasteiger partial charge is 0.240 e. The second kappa shape index (κ2) is 4.77. The van der Waals surface area contributed by atoms with Crippen molar-refractivity contribution in [3.8, 4) is 0 Å². The van der Waals surface area contributed by atoms with Crippen LogP contribution in [0, 0.1) is 0 Å². The van der Waals surface area contributed by atoms with Gasteiger partial charge in [-0.25, -0.2) is 13.1 Å². The van der Waals surface area contributed by atoms with Crippen LogP contribution in [-0.2, 0) is 10.0 Å². The summed E-state index contributed by atoms with van der Waals surface area (Å²) in [6, 6.07) is 6.80. The summed E-state index contributed by atoms with van der Waals surface area (Å²) in [6.45, 7) is 7.20. The van der Waals surface area contributed by atoms with Gasteiger partial charge >= 0.3 is 0 Å². The number of hydrogen-bond donors (Lipinski definition) is 2.